The lowest BCUT2D eigenvalue weighted by atomic mass is 9.65. The number of likely N-dealkylation sites (N-methyl/N-ethyl adjacent to an activating group) is 1. The van der Waals surface area contributed by atoms with Gasteiger partial charge in [0.2, 0.25) is 11.8 Å². The Hall–Kier alpha value is -1.59. The number of nitrogens with one attached hydrogen (secondary N) is 1. The van der Waals surface area contributed by atoms with Gasteiger partial charge in [-0.15, -0.1) is 12.4 Å². The van der Waals surface area contributed by atoms with E-state index < -0.39 is 0 Å². The number of fused-ring (bicyclic) bond motifs is 2. The molecule has 1 aromatic carbocycles. The van der Waals surface area contributed by atoms with Crippen molar-refractivity contribution in [3.8, 4) is 0 Å². The van der Waals surface area contributed by atoms with E-state index in [0.29, 0.717) is 18.3 Å². The summed E-state index contributed by atoms with van der Waals surface area (Å²) >= 11 is 0. The molecule has 2 saturated carbocycles. The first kappa shape index (κ1) is 22.7. The van der Waals surface area contributed by atoms with Crippen LogP contribution in [0.3, 0.4) is 0 Å². The van der Waals surface area contributed by atoms with Crippen molar-refractivity contribution in [1.29, 1.82) is 0 Å². The van der Waals surface area contributed by atoms with Gasteiger partial charge in [0, 0.05) is 30.7 Å². The summed E-state index contributed by atoms with van der Waals surface area (Å²) in [5, 5.41) is 3.07. The normalized spacial score (nSPS) is 26.1. The van der Waals surface area contributed by atoms with Crippen LogP contribution in [0, 0.1) is 17.8 Å². The van der Waals surface area contributed by atoms with Crippen LogP contribution in [0.2, 0.25) is 0 Å². The van der Waals surface area contributed by atoms with E-state index in [0.717, 1.165) is 50.0 Å². The second kappa shape index (κ2) is 10.3. The van der Waals surface area contributed by atoms with E-state index in [1.807, 2.05) is 43.0 Å². The number of nitrogens with zero attached hydrogens (tertiary/aromatic N) is 1. The number of hydrogen-bond donors (Lipinski definition) is 2. The molecule has 0 aromatic heterocycles. The van der Waals surface area contributed by atoms with E-state index in [4.69, 9.17) is 5.73 Å². The zero-order valence-electron chi connectivity index (χ0n) is 17.0. The average Bonchev–Trinajstić information content (AvgIpc) is 2.64. The fraction of sp³-hybridized carbons (Fsp3) is 0.636. The van der Waals surface area contributed by atoms with E-state index in [-0.39, 0.29) is 36.2 Å². The van der Waals surface area contributed by atoms with Crippen molar-refractivity contribution in [2.75, 3.05) is 18.4 Å². The largest absolute Gasteiger partial charge is 0.343 e. The van der Waals surface area contributed by atoms with Gasteiger partial charge in [0.05, 0.1) is 6.42 Å². The second-order valence-corrected chi connectivity index (χ2v) is 8.13. The SMILES string of the molecule is CCN(CC)C(=O)Cc1ccc(NC(=O)C2CC3CCCC(C2)C3N)cc1.Cl. The summed E-state index contributed by atoms with van der Waals surface area (Å²) in [5.74, 6) is 1.33. The van der Waals surface area contributed by atoms with Gasteiger partial charge < -0.3 is 16.0 Å². The third-order valence-electron chi connectivity index (χ3n) is 6.48. The van der Waals surface area contributed by atoms with E-state index in [1.54, 1.807) is 0 Å². The maximum Gasteiger partial charge on any atom is 0.227 e. The number of benzene rings is 1. The smallest absolute Gasteiger partial charge is 0.227 e. The summed E-state index contributed by atoms with van der Waals surface area (Å²) in [7, 11) is 0. The van der Waals surface area contributed by atoms with Crippen LogP contribution in [0.1, 0.15) is 51.5 Å². The van der Waals surface area contributed by atoms with Crippen LogP contribution >= 0.6 is 12.4 Å². The molecule has 2 aliphatic carbocycles. The molecule has 2 unspecified atom stereocenters. The molecule has 1 aromatic rings. The lowest BCUT2D eigenvalue weighted by Crippen LogP contribution is -2.48. The maximum atomic E-state index is 12.7. The molecule has 3 N–H and O–H groups in total. The molecule has 28 heavy (non-hydrogen) atoms. The summed E-state index contributed by atoms with van der Waals surface area (Å²) in [5.41, 5.74) is 8.11. The molecular weight excluding hydrogens is 374 g/mol. The monoisotopic (exact) mass is 407 g/mol. The molecule has 2 amide bonds. The Morgan fingerprint density at radius 3 is 2.18 bits per heavy atom. The summed E-state index contributed by atoms with van der Waals surface area (Å²) in [6, 6.07) is 7.95. The molecular formula is C22H34ClN3O2. The molecule has 3 rings (SSSR count). The molecule has 156 valence electrons. The number of hydrogen-bond acceptors (Lipinski definition) is 3. The molecule has 0 saturated heterocycles. The van der Waals surface area contributed by atoms with E-state index >= 15 is 0 Å². The van der Waals surface area contributed by atoms with Crippen molar-refractivity contribution >= 4 is 29.9 Å². The number of carbonyl (C=O) groups excluding carboxylic acids is 2. The predicted octanol–water partition coefficient (Wildman–Crippen LogP) is 3.61. The highest BCUT2D eigenvalue weighted by atomic mass is 35.5. The Kier molecular flexibility index (Phi) is 8.32. The van der Waals surface area contributed by atoms with Crippen LogP contribution in [0.5, 0.6) is 0 Å². The third kappa shape index (κ3) is 5.26. The first-order valence-corrected chi connectivity index (χ1v) is 10.4. The molecule has 0 spiro atoms. The number of rotatable bonds is 6. The Bertz CT molecular complexity index is 646. The van der Waals surface area contributed by atoms with Crippen LogP contribution < -0.4 is 11.1 Å². The van der Waals surface area contributed by atoms with Crippen LogP contribution in [0.4, 0.5) is 5.69 Å². The van der Waals surface area contributed by atoms with Gasteiger partial charge in [-0.05, 0) is 69.1 Å². The van der Waals surface area contributed by atoms with Crippen molar-refractivity contribution in [3.63, 3.8) is 0 Å². The Morgan fingerprint density at radius 2 is 1.64 bits per heavy atom. The number of amides is 2. The molecule has 2 bridgehead atoms. The number of anilines is 1. The zero-order chi connectivity index (χ0) is 19.4. The topological polar surface area (TPSA) is 75.4 Å². The Labute approximate surface area is 174 Å². The van der Waals surface area contributed by atoms with Gasteiger partial charge in [0.1, 0.15) is 0 Å². The lowest BCUT2D eigenvalue weighted by molar-refractivity contribution is -0.130. The number of carbonyl (C=O) groups is 2. The predicted molar refractivity (Wildman–Crippen MR) is 115 cm³/mol. The number of halogens is 1. The van der Waals surface area contributed by atoms with Gasteiger partial charge in [0.15, 0.2) is 0 Å². The van der Waals surface area contributed by atoms with E-state index in [9.17, 15) is 9.59 Å². The highest BCUT2D eigenvalue weighted by molar-refractivity contribution is 5.92. The van der Waals surface area contributed by atoms with Gasteiger partial charge >= 0.3 is 0 Å². The summed E-state index contributed by atoms with van der Waals surface area (Å²) < 4.78 is 0. The van der Waals surface area contributed by atoms with Gasteiger partial charge in [-0.3, -0.25) is 9.59 Å². The molecule has 5 nitrogen and oxygen atoms in total. The van der Waals surface area contributed by atoms with Crippen LogP contribution in [-0.4, -0.2) is 35.8 Å². The van der Waals surface area contributed by atoms with Crippen LogP contribution in [0.25, 0.3) is 0 Å². The highest BCUT2D eigenvalue weighted by Gasteiger charge is 2.40. The molecule has 2 fully saturated rings. The maximum absolute atomic E-state index is 12.7. The summed E-state index contributed by atoms with van der Waals surface area (Å²) in [6.45, 7) is 5.45. The molecule has 0 aliphatic heterocycles. The van der Waals surface area contributed by atoms with Crippen LogP contribution in [0.15, 0.2) is 24.3 Å². The molecule has 2 aliphatic rings. The van der Waals surface area contributed by atoms with E-state index in [1.165, 1.54) is 6.42 Å². The van der Waals surface area contributed by atoms with Crippen molar-refractivity contribution in [2.45, 2.75) is 58.4 Å². The molecule has 2 atom stereocenters. The molecule has 0 heterocycles. The first-order chi connectivity index (χ1) is 13.0. The minimum Gasteiger partial charge on any atom is -0.343 e. The van der Waals surface area contributed by atoms with Gasteiger partial charge in [-0.25, -0.2) is 0 Å². The standard InChI is InChI=1S/C22H33N3O2.ClH/c1-3-25(4-2)20(26)12-15-8-10-19(11-9-15)24-22(27)18-13-16-6-5-7-17(14-18)21(16)23;/h8-11,16-18,21H,3-7,12-14,23H2,1-2H3,(H,24,27);1H. The van der Waals surface area contributed by atoms with E-state index in [2.05, 4.69) is 5.32 Å². The molecule has 6 heteroatoms. The third-order valence-corrected chi connectivity index (χ3v) is 6.48. The zero-order valence-corrected chi connectivity index (χ0v) is 17.8. The Morgan fingerprint density at radius 1 is 1.07 bits per heavy atom. The fourth-order valence-electron chi connectivity index (χ4n) is 4.82. The number of nitrogens with two attached hydrogens (primary N) is 1. The van der Waals surface area contributed by atoms with Crippen molar-refractivity contribution < 1.29 is 9.59 Å². The van der Waals surface area contributed by atoms with Gasteiger partial charge in [0.25, 0.3) is 0 Å². The van der Waals surface area contributed by atoms with Crippen molar-refractivity contribution in [1.82, 2.24) is 4.90 Å². The van der Waals surface area contributed by atoms with Crippen molar-refractivity contribution in [2.24, 2.45) is 23.5 Å². The van der Waals surface area contributed by atoms with Gasteiger partial charge in [-0.1, -0.05) is 18.6 Å². The highest BCUT2D eigenvalue weighted by Crippen LogP contribution is 2.42. The average molecular weight is 408 g/mol. The minimum atomic E-state index is 0. The van der Waals surface area contributed by atoms with Crippen LogP contribution in [-0.2, 0) is 16.0 Å². The lowest BCUT2D eigenvalue weighted by Gasteiger charge is -2.43. The summed E-state index contributed by atoms with van der Waals surface area (Å²) in [4.78, 5) is 26.8. The van der Waals surface area contributed by atoms with Crippen molar-refractivity contribution in [3.05, 3.63) is 29.8 Å². The Balaban J connectivity index is 0.00000280. The summed E-state index contributed by atoms with van der Waals surface area (Å²) in [6.07, 6.45) is 5.82. The second-order valence-electron chi connectivity index (χ2n) is 8.13. The quantitative estimate of drug-likeness (QED) is 0.756. The minimum absolute atomic E-state index is 0. The first-order valence-electron chi connectivity index (χ1n) is 10.4. The fourth-order valence-corrected chi connectivity index (χ4v) is 4.82. The molecule has 0 radical (unpaired) electrons. The van der Waals surface area contributed by atoms with Gasteiger partial charge in [-0.2, -0.15) is 0 Å².